The second kappa shape index (κ2) is 5.73. The molecule has 1 aromatic heterocycles. The smallest absolute Gasteiger partial charge is 0.319 e. The highest BCUT2D eigenvalue weighted by Crippen LogP contribution is 2.33. The van der Waals surface area contributed by atoms with Gasteiger partial charge in [0.15, 0.2) is 5.41 Å². The normalized spacial score (nSPS) is 15.8. The van der Waals surface area contributed by atoms with Crippen molar-refractivity contribution < 1.29 is 19.4 Å². The number of pyridine rings is 1. The molecule has 106 valence electrons. The number of carboxylic acids is 1. The first kappa shape index (κ1) is 14.0. The highest BCUT2D eigenvalue weighted by atomic mass is 16.5. The number of hydrogen-bond acceptors (Lipinski definition) is 4. The third-order valence-corrected chi connectivity index (χ3v) is 3.41. The SMILES string of the molecule is COc1ccc(CNC(=O)C2(C(=O)O)CC=CC2)nc1. The first-order chi connectivity index (χ1) is 9.58. The number of carbonyl (C=O) groups is 2. The van der Waals surface area contributed by atoms with E-state index >= 15 is 0 Å². The molecule has 0 radical (unpaired) electrons. The maximum Gasteiger partial charge on any atom is 0.319 e. The average Bonchev–Trinajstić information content (AvgIpc) is 2.96. The van der Waals surface area contributed by atoms with Crippen molar-refractivity contribution in [3.8, 4) is 5.75 Å². The van der Waals surface area contributed by atoms with Crippen LogP contribution in [0.25, 0.3) is 0 Å². The van der Waals surface area contributed by atoms with Crippen LogP contribution < -0.4 is 10.1 Å². The third-order valence-electron chi connectivity index (χ3n) is 3.41. The van der Waals surface area contributed by atoms with E-state index in [1.807, 2.05) is 0 Å². The number of rotatable bonds is 5. The molecule has 6 heteroatoms. The van der Waals surface area contributed by atoms with Gasteiger partial charge >= 0.3 is 5.97 Å². The zero-order valence-electron chi connectivity index (χ0n) is 11.1. The second-order valence-corrected chi connectivity index (χ2v) is 4.64. The first-order valence-corrected chi connectivity index (χ1v) is 6.24. The molecular formula is C14H16N2O4. The molecule has 0 aromatic carbocycles. The minimum atomic E-state index is -1.37. The van der Waals surface area contributed by atoms with Gasteiger partial charge in [0, 0.05) is 0 Å². The van der Waals surface area contributed by atoms with Crippen molar-refractivity contribution in [1.29, 1.82) is 0 Å². The Morgan fingerprint density at radius 1 is 1.40 bits per heavy atom. The van der Waals surface area contributed by atoms with Crippen molar-refractivity contribution in [3.63, 3.8) is 0 Å². The minimum Gasteiger partial charge on any atom is -0.495 e. The molecule has 0 bridgehead atoms. The number of carboxylic acid groups (broad SMARTS) is 1. The first-order valence-electron chi connectivity index (χ1n) is 6.24. The summed E-state index contributed by atoms with van der Waals surface area (Å²) in [6, 6.07) is 3.46. The third kappa shape index (κ3) is 2.64. The van der Waals surface area contributed by atoms with Crippen molar-refractivity contribution in [2.45, 2.75) is 19.4 Å². The summed E-state index contributed by atoms with van der Waals surface area (Å²) in [6.45, 7) is 0.192. The van der Waals surface area contributed by atoms with E-state index in [2.05, 4.69) is 10.3 Å². The fourth-order valence-corrected chi connectivity index (χ4v) is 2.09. The van der Waals surface area contributed by atoms with Crippen LogP contribution in [0, 0.1) is 5.41 Å². The van der Waals surface area contributed by atoms with Crippen molar-refractivity contribution in [2.75, 3.05) is 7.11 Å². The molecule has 1 heterocycles. The highest BCUT2D eigenvalue weighted by molar-refractivity contribution is 6.02. The minimum absolute atomic E-state index is 0.192. The molecule has 20 heavy (non-hydrogen) atoms. The number of nitrogens with zero attached hydrogens (tertiary/aromatic N) is 1. The van der Waals surface area contributed by atoms with Crippen molar-refractivity contribution in [2.24, 2.45) is 5.41 Å². The van der Waals surface area contributed by atoms with E-state index in [0.29, 0.717) is 11.4 Å². The van der Waals surface area contributed by atoms with E-state index in [-0.39, 0.29) is 19.4 Å². The fraction of sp³-hybridized carbons (Fsp3) is 0.357. The molecule has 1 amide bonds. The van der Waals surface area contributed by atoms with Gasteiger partial charge in [0.2, 0.25) is 5.91 Å². The molecular weight excluding hydrogens is 260 g/mol. The number of hydrogen-bond donors (Lipinski definition) is 2. The topological polar surface area (TPSA) is 88.5 Å². The van der Waals surface area contributed by atoms with Crippen LogP contribution in [0.1, 0.15) is 18.5 Å². The fourth-order valence-electron chi connectivity index (χ4n) is 2.09. The monoisotopic (exact) mass is 276 g/mol. The average molecular weight is 276 g/mol. The molecule has 2 rings (SSSR count). The summed E-state index contributed by atoms with van der Waals surface area (Å²) in [5, 5.41) is 11.9. The Morgan fingerprint density at radius 2 is 2.10 bits per heavy atom. The number of nitrogens with one attached hydrogen (secondary N) is 1. The number of carbonyl (C=O) groups excluding carboxylic acids is 1. The van der Waals surface area contributed by atoms with Crippen molar-refractivity contribution in [3.05, 3.63) is 36.2 Å². The van der Waals surface area contributed by atoms with Gasteiger partial charge in [-0.25, -0.2) is 0 Å². The lowest BCUT2D eigenvalue weighted by molar-refractivity contribution is -0.155. The molecule has 0 aliphatic heterocycles. The molecule has 0 unspecified atom stereocenters. The summed E-state index contributed by atoms with van der Waals surface area (Å²) >= 11 is 0. The number of allylic oxidation sites excluding steroid dienone is 2. The molecule has 1 aromatic rings. The number of amides is 1. The summed E-state index contributed by atoms with van der Waals surface area (Å²) in [6.07, 6.45) is 5.44. The van der Waals surface area contributed by atoms with E-state index in [4.69, 9.17) is 4.74 Å². The Kier molecular flexibility index (Phi) is 4.02. The largest absolute Gasteiger partial charge is 0.495 e. The van der Waals surface area contributed by atoms with Gasteiger partial charge in [-0.1, -0.05) is 12.2 Å². The Bertz CT molecular complexity index is 529. The molecule has 0 spiro atoms. The van der Waals surface area contributed by atoms with Crippen LogP contribution in [0.4, 0.5) is 0 Å². The van der Waals surface area contributed by atoms with Crippen LogP contribution in [0.3, 0.4) is 0 Å². The standard InChI is InChI=1S/C14H16N2O4/c1-20-11-5-4-10(15-9-11)8-16-12(17)14(13(18)19)6-2-3-7-14/h2-5,9H,6-8H2,1H3,(H,16,17)(H,18,19). The number of aromatic nitrogens is 1. The maximum atomic E-state index is 12.1. The zero-order chi connectivity index (χ0) is 14.6. The lowest BCUT2D eigenvalue weighted by atomic mass is 9.84. The number of methoxy groups -OCH3 is 1. The quantitative estimate of drug-likeness (QED) is 0.621. The Labute approximate surface area is 116 Å². The Hall–Kier alpha value is -2.37. The van der Waals surface area contributed by atoms with Gasteiger partial charge < -0.3 is 15.2 Å². The van der Waals surface area contributed by atoms with E-state index in [1.54, 1.807) is 37.6 Å². The Morgan fingerprint density at radius 3 is 2.60 bits per heavy atom. The van der Waals surface area contributed by atoms with Crippen molar-refractivity contribution in [1.82, 2.24) is 10.3 Å². The second-order valence-electron chi connectivity index (χ2n) is 4.64. The highest BCUT2D eigenvalue weighted by Gasteiger charge is 2.46. The number of aliphatic carboxylic acids is 1. The van der Waals surface area contributed by atoms with Gasteiger partial charge in [-0.3, -0.25) is 14.6 Å². The van der Waals surface area contributed by atoms with E-state index in [1.165, 1.54) is 0 Å². The molecule has 0 saturated carbocycles. The van der Waals surface area contributed by atoms with E-state index in [9.17, 15) is 14.7 Å². The van der Waals surface area contributed by atoms with Crippen LogP contribution >= 0.6 is 0 Å². The summed E-state index contributed by atoms with van der Waals surface area (Å²) in [5.41, 5.74) is -0.724. The molecule has 2 N–H and O–H groups in total. The molecule has 1 aliphatic rings. The molecule has 0 saturated heterocycles. The van der Waals surface area contributed by atoms with Crippen LogP contribution in [0.2, 0.25) is 0 Å². The van der Waals surface area contributed by atoms with Gasteiger partial charge in [0.25, 0.3) is 0 Å². The Balaban J connectivity index is 1.99. The van der Waals surface area contributed by atoms with E-state index < -0.39 is 17.3 Å². The summed E-state index contributed by atoms with van der Waals surface area (Å²) in [7, 11) is 1.54. The van der Waals surface area contributed by atoms with Gasteiger partial charge in [-0.05, 0) is 25.0 Å². The zero-order valence-corrected chi connectivity index (χ0v) is 11.1. The molecule has 0 fully saturated rings. The van der Waals surface area contributed by atoms with Crippen LogP contribution in [0.15, 0.2) is 30.5 Å². The van der Waals surface area contributed by atoms with Gasteiger partial charge in [-0.15, -0.1) is 0 Å². The molecule has 0 atom stereocenters. The van der Waals surface area contributed by atoms with Crippen LogP contribution in [-0.4, -0.2) is 29.1 Å². The lowest BCUT2D eigenvalue weighted by Gasteiger charge is -2.22. The lowest BCUT2D eigenvalue weighted by Crippen LogP contribution is -2.44. The molecule has 1 aliphatic carbocycles. The van der Waals surface area contributed by atoms with Crippen molar-refractivity contribution >= 4 is 11.9 Å². The molecule has 6 nitrogen and oxygen atoms in total. The van der Waals surface area contributed by atoms with Crippen LogP contribution in [-0.2, 0) is 16.1 Å². The number of ether oxygens (including phenoxy) is 1. The predicted molar refractivity (Wildman–Crippen MR) is 71.1 cm³/mol. The van der Waals surface area contributed by atoms with E-state index in [0.717, 1.165) is 0 Å². The van der Waals surface area contributed by atoms with Gasteiger partial charge in [-0.2, -0.15) is 0 Å². The summed E-state index contributed by atoms with van der Waals surface area (Å²) in [5.74, 6) is -0.947. The maximum absolute atomic E-state index is 12.1. The van der Waals surface area contributed by atoms with Gasteiger partial charge in [0.05, 0.1) is 25.5 Å². The predicted octanol–water partition coefficient (Wildman–Crippen LogP) is 1.13. The van der Waals surface area contributed by atoms with Crippen LogP contribution in [0.5, 0.6) is 5.75 Å². The summed E-state index contributed by atoms with van der Waals surface area (Å²) in [4.78, 5) is 27.6. The summed E-state index contributed by atoms with van der Waals surface area (Å²) < 4.78 is 4.99. The van der Waals surface area contributed by atoms with Gasteiger partial charge in [0.1, 0.15) is 5.75 Å².